The molecule has 0 aliphatic carbocycles. The highest BCUT2D eigenvalue weighted by molar-refractivity contribution is 6.07. The Morgan fingerprint density at radius 2 is 1.58 bits per heavy atom. The monoisotopic (exact) mass is 866 g/mol. The number of nitrogens with zero attached hydrogens (tertiary/aromatic N) is 4. The number of H-pyrrole nitrogens is 2. The van der Waals surface area contributed by atoms with Gasteiger partial charge in [0.05, 0.1) is 49.2 Å². The van der Waals surface area contributed by atoms with Crippen LogP contribution in [0, 0.1) is 5.92 Å². The molecule has 2 saturated heterocycles. The highest BCUT2D eigenvalue weighted by atomic mass is 16.5. The number of aromatic amines is 2. The van der Waals surface area contributed by atoms with Crippen molar-refractivity contribution in [3.8, 4) is 28.1 Å². The van der Waals surface area contributed by atoms with Gasteiger partial charge in [-0.05, 0) is 96.9 Å². The normalized spacial score (nSPS) is 20.1. The van der Waals surface area contributed by atoms with E-state index in [2.05, 4.69) is 63.9 Å². The van der Waals surface area contributed by atoms with Crippen LogP contribution in [0.5, 0.6) is 5.75 Å². The lowest BCUT2D eigenvalue weighted by Gasteiger charge is -2.32. The number of hydrogen-bond donors (Lipinski definition) is 4. The molecule has 6 atom stereocenters. The molecule has 0 saturated carbocycles. The molecule has 15 nitrogen and oxygen atoms in total. The van der Waals surface area contributed by atoms with Crippen LogP contribution in [0.15, 0.2) is 79.0 Å². The SMILES string of the molecule is CC[C@H]1CC[C@@H](c2nc3c(ccc4cc5c(cc43)OCc3cc(-c4cnc([C@@H]6CC[C@H](C)N6C(=O)[C@@H](NC(=O)OC)C(C)C)[nH]4)ccc3-5)[nH]2)N1C(=O)[C@H](NC(=O)OC)c1ccccc1. The lowest BCUT2D eigenvalue weighted by molar-refractivity contribution is -0.138. The second-order valence-electron chi connectivity index (χ2n) is 17.4. The molecule has 4 aromatic carbocycles. The van der Waals surface area contributed by atoms with Crippen molar-refractivity contribution in [1.29, 1.82) is 0 Å². The van der Waals surface area contributed by atoms with Gasteiger partial charge in [-0.2, -0.15) is 0 Å². The van der Waals surface area contributed by atoms with Gasteiger partial charge >= 0.3 is 12.2 Å². The maximum atomic E-state index is 14.5. The van der Waals surface area contributed by atoms with E-state index in [-0.39, 0.29) is 41.9 Å². The maximum absolute atomic E-state index is 14.5. The van der Waals surface area contributed by atoms with Crippen molar-refractivity contribution in [3.63, 3.8) is 0 Å². The van der Waals surface area contributed by atoms with Gasteiger partial charge in [0.25, 0.3) is 5.91 Å². The van der Waals surface area contributed by atoms with Crippen molar-refractivity contribution in [3.05, 3.63) is 102 Å². The summed E-state index contributed by atoms with van der Waals surface area (Å²) in [6.07, 6.45) is 4.38. The Labute approximate surface area is 371 Å². The molecular formula is C49H54N8O7. The quantitative estimate of drug-likeness (QED) is 0.105. The Morgan fingerprint density at radius 1 is 0.828 bits per heavy atom. The van der Waals surface area contributed by atoms with Crippen LogP contribution >= 0.6 is 0 Å². The zero-order valence-corrected chi connectivity index (χ0v) is 36.9. The molecule has 64 heavy (non-hydrogen) atoms. The van der Waals surface area contributed by atoms with Gasteiger partial charge in [-0.1, -0.05) is 69.3 Å². The number of nitrogens with one attached hydrogen (secondary N) is 4. The molecule has 332 valence electrons. The molecule has 0 radical (unpaired) electrons. The molecule has 9 rings (SSSR count). The molecule has 0 bridgehead atoms. The highest BCUT2D eigenvalue weighted by Gasteiger charge is 2.43. The number of ether oxygens (including phenoxy) is 3. The summed E-state index contributed by atoms with van der Waals surface area (Å²) in [5.41, 5.74) is 7.22. The average Bonchev–Trinajstić information content (AvgIpc) is 4.14. The minimum Gasteiger partial charge on any atom is -0.488 e. The third kappa shape index (κ3) is 7.66. The van der Waals surface area contributed by atoms with Crippen molar-refractivity contribution >= 4 is 45.8 Å². The number of alkyl carbamates (subject to hydrolysis) is 2. The van der Waals surface area contributed by atoms with E-state index in [9.17, 15) is 19.2 Å². The predicted octanol–water partition coefficient (Wildman–Crippen LogP) is 8.64. The maximum Gasteiger partial charge on any atom is 0.407 e. The summed E-state index contributed by atoms with van der Waals surface area (Å²) in [6.45, 7) is 8.29. The molecule has 4 N–H and O–H groups in total. The van der Waals surface area contributed by atoms with Crippen molar-refractivity contribution < 1.29 is 33.4 Å². The van der Waals surface area contributed by atoms with Crippen molar-refractivity contribution in [1.82, 2.24) is 40.4 Å². The van der Waals surface area contributed by atoms with Crippen LogP contribution in [0.3, 0.4) is 0 Å². The summed E-state index contributed by atoms with van der Waals surface area (Å²) >= 11 is 0. The van der Waals surface area contributed by atoms with Crippen LogP contribution < -0.4 is 15.4 Å². The number of methoxy groups -OCH3 is 2. The number of amides is 4. The zero-order valence-electron chi connectivity index (χ0n) is 36.9. The number of hydrogen-bond acceptors (Lipinski definition) is 9. The summed E-state index contributed by atoms with van der Waals surface area (Å²) in [7, 11) is 2.58. The predicted molar refractivity (Wildman–Crippen MR) is 241 cm³/mol. The van der Waals surface area contributed by atoms with Gasteiger partial charge in [0.1, 0.15) is 36.1 Å². The fourth-order valence-corrected chi connectivity index (χ4v) is 9.91. The number of likely N-dealkylation sites (tertiary alicyclic amines) is 2. The van der Waals surface area contributed by atoms with E-state index in [0.29, 0.717) is 23.8 Å². The van der Waals surface area contributed by atoms with Crippen molar-refractivity contribution in [2.45, 2.75) is 103 Å². The van der Waals surface area contributed by atoms with E-state index < -0.39 is 24.3 Å². The second kappa shape index (κ2) is 17.3. The summed E-state index contributed by atoms with van der Waals surface area (Å²) < 4.78 is 16.2. The molecule has 0 unspecified atom stereocenters. The highest BCUT2D eigenvalue weighted by Crippen LogP contribution is 2.44. The fraction of sp³-hybridized carbons (Fsp3) is 0.388. The Hall–Kier alpha value is -6.90. The fourth-order valence-electron chi connectivity index (χ4n) is 9.91. The first kappa shape index (κ1) is 42.4. The van der Waals surface area contributed by atoms with Gasteiger partial charge < -0.3 is 44.6 Å². The summed E-state index contributed by atoms with van der Waals surface area (Å²) in [6, 6.07) is 21.6. The van der Waals surface area contributed by atoms with Crippen LogP contribution in [0.2, 0.25) is 0 Å². The van der Waals surface area contributed by atoms with E-state index in [1.165, 1.54) is 14.2 Å². The molecule has 2 fully saturated rings. The van der Waals surface area contributed by atoms with Gasteiger partial charge in [-0.15, -0.1) is 0 Å². The van der Waals surface area contributed by atoms with E-state index in [0.717, 1.165) is 87.6 Å². The third-order valence-corrected chi connectivity index (χ3v) is 13.3. The van der Waals surface area contributed by atoms with Gasteiger partial charge in [0, 0.05) is 23.0 Å². The van der Waals surface area contributed by atoms with Gasteiger partial charge in [-0.25, -0.2) is 19.6 Å². The van der Waals surface area contributed by atoms with Crippen molar-refractivity contribution in [2.24, 2.45) is 5.92 Å². The average molecular weight is 867 g/mol. The van der Waals surface area contributed by atoms with Crippen LogP contribution in [-0.2, 0) is 25.7 Å². The number of carbonyl (C=O) groups excluding carboxylic acids is 4. The molecule has 3 aliphatic rings. The Balaban J connectivity index is 0.979. The lowest BCUT2D eigenvalue weighted by atomic mass is 9.92. The number of aromatic nitrogens is 4. The topological polar surface area (TPSA) is 184 Å². The Kier molecular flexibility index (Phi) is 11.5. The minimum atomic E-state index is -0.918. The zero-order chi connectivity index (χ0) is 44.8. The standard InChI is InChI=1S/C49H54N8O7/c1-7-32-16-20-39(57(32)47(59)42(55-49(61)63-6)28-11-9-8-10-12-28)45-51-36-18-15-29-22-35-33-17-14-30(21-31(33)25-64-40(35)23-34(29)43(36)53-45)37-24-50-44(52-37)38-19-13-27(4)56(38)46(58)41(26(2)3)54-48(60)62-5/h8-12,14-15,17-18,21-24,26-27,32,38-39,41-42H,7,13,16,19-20,25H2,1-6H3,(H,50,52)(H,51,53)(H,54,60)(H,55,61)/t27-,32-,38-,39-,41-,42+/m0/s1. The molecule has 2 aromatic heterocycles. The van der Waals surface area contributed by atoms with Gasteiger partial charge in [0.2, 0.25) is 5.91 Å². The molecule has 4 amide bonds. The summed E-state index contributed by atoms with van der Waals surface area (Å²) in [5, 5.41) is 7.45. The molecule has 15 heteroatoms. The summed E-state index contributed by atoms with van der Waals surface area (Å²) in [5.74, 6) is 1.68. The van der Waals surface area contributed by atoms with Gasteiger partial charge in [-0.3, -0.25) is 9.59 Å². The largest absolute Gasteiger partial charge is 0.488 e. The smallest absolute Gasteiger partial charge is 0.407 e. The molecule has 5 heterocycles. The summed E-state index contributed by atoms with van der Waals surface area (Å²) in [4.78, 5) is 73.7. The van der Waals surface area contributed by atoms with Crippen LogP contribution in [0.1, 0.15) is 101 Å². The van der Waals surface area contributed by atoms with E-state index >= 15 is 0 Å². The first-order valence-electron chi connectivity index (χ1n) is 22.1. The number of imidazole rings is 2. The number of benzene rings is 4. The third-order valence-electron chi connectivity index (χ3n) is 13.3. The molecule has 6 aromatic rings. The van der Waals surface area contributed by atoms with E-state index in [1.807, 2.05) is 73.2 Å². The van der Waals surface area contributed by atoms with E-state index in [1.54, 1.807) is 0 Å². The van der Waals surface area contributed by atoms with E-state index in [4.69, 9.17) is 24.2 Å². The number of rotatable bonds is 10. The number of fused-ring (bicyclic) bond motifs is 6. The van der Waals surface area contributed by atoms with Gasteiger partial charge in [0.15, 0.2) is 0 Å². The lowest BCUT2D eigenvalue weighted by Crippen LogP contribution is -2.52. The molecule has 3 aliphatic heterocycles. The van der Waals surface area contributed by atoms with Crippen LogP contribution in [-0.4, -0.2) is 86.1 Å². The van der Waals surface area contributed by atoms with Crippen LogP contribution in [0.4, 0.5) is 9.59 Å². The molecular weight excluding hydrogens is 813 g/mol. The van der Waals surface area contributed by atoms with Crippen molar-refractivity contribution in [2.75, 3.05) is 14.2 Å². The van der Waals surface area contributed by atoms with Crippen LogP contribution in [0.25, 0.3) is 44.2 Å². The number of carbonyl (C=O) groups is 4. The second-order valence-corrected chi connectivity index (χ2v) is 17.4. The molecule has 0 spiro atoms. The first-order valence-corrected chi connectivity index (χ1v) is 22.1. The Bertz CT molecular complexity index is 2750. The minimum absolute atomic E-state index is 0.0201. The first-order chi connectivity index (χ1) is 31.0. The Morgan fingerprint density at radius 3 is 2.33 bits per heavy atom.